The Morgan fingerprint density at radius 2 is 2.07 bits per heavy atom. The highest BCUT2D eigenvalue weighted by Gasteiger charge is 2.22. The molecule has 0 spiro atoms. The van der Waals surface area contributed by atoms with Crippen molar-refractivity contribution >= 4 is 5.91 Å². The molecular weight excluding hydrogens is 362 g/mol. The number of nitrogens with zero attached hydrogens (tertiary/aromatic N) is 2. The first-order valence-corrected chi connectivity index (χ1v) is 9.25. The highest BCUT2D eigenvalue weighted by molar-refractivity contribution is 5.80. The van der Waals surface area contributed by atoms with Gasteiger partial charge in [0.25, 0.3) is 5.56 Å². The quantitative estimate of drug-likeness (QED) is 0.779. The molecule has 1 amide bonds. The number of amides is 1. The van der Waals surface area contributed by atoms with Gasteiger partial charge in [-0.25, -0.2) is 4.68 Å². The lowest BCUT2D eigenvalue weighted by Gasteiger charge is -2.18. The van der Waals surface area contributed by atoms with Gasteiger partial charge in [-0.2, -0.15) is 5.10 Å². The van der Waals surface area contributed by atoms with E-state index in [9.17, 15) is 9.59 Å². The molecule has 1 saturated heterocycles. The van der Waals surface area contributed by atoms with E-state index in [1.165, 1.54) is 17.9 Å². The molecule has 0 aliphatic carbocycles. The molecule has 0 radical (unpaired) electrons. The molecule has 1 aliphatic heterocycles. The molecular formula is C20H25N3O5. The van der Waals surface area contributed by atoms with Crippen LogP contribution in [0.5, 0.6) is 11.5 Å². The highest BCUT2D eigenvalue weighted by atomic mass is 16.5. The third kappa shape index (κ3) is 4.33. The van der Waals surface area contributed by atoms with Gasteiger partial charge in [0.2, 0.25) is 5.91 Å². The van der Waals surface area contributed by atoms with Crippen LogP contribution in [0.4, 0.5) is 0 Å². The molecule has 1 fully saturated rings. The Balaban J connectivity index is 1.85. The highest BCUT2D eigenvalue weighted by Crippen LogP contribution is 2.28. The molecule has 0 bridgehead atoms. The summed E-state index contributed by atoms with van der Waals surface area (Å²) in [4.78, 5) is 25.0. The smallest absolute Gasteiger partial charge is 0.271 e. The van der Waals surface area contributed by atoms with Crippen LogP contribution in [0, 0.1) is 0 Å². The topological polar surface area (TPSA) is 91.7 Å². The van der Waals surface area contributed by atoms with Crippen LogP contribution in [-0.2, 0) is 9.53 Å². The van der Waals surface area contributed by atoms with Gasteiger partial charge in [0.1, 0.15) is 17.5 Å². The number of nitrogens with one attached hydrogen (secondary N) is 1. The van der Waals surface area contributed by atoms with Crippen molar-refractivity contribution in [3.63, 3.8) is 0 Å². The van der Waals surface area contributed by atoms with Gasteiger partial charge in [0.15, 0.2) is 5.75 Å². The van der Waals surface area contributed by atoms with Crippen LogP contribution >= 0.6 is 0 Å². The van der Waals surface area contributed by atoms with E-state index in [0.717, 1.165) is 25.0 Å². The summed E-state index contributed by atoms with van der Waals surface area (Å²) in [5.41, 5.74) is 0.816. The van der Waals surface area contributed by atoms with Crippen LogP contribution in [0.3, 0.4) is 0 Å². The van der Waals surface area contributed by atoms with E-state index < -0.39 is 11.6 Å². The molecule has 2 aromatic rings. The molecule has 3 rings (SSSR count). The van der Waals surface area contributed by atoms with Crippen molar-refractivity contribution in [2.24, 2.45) is 0 Å². The van der Waals surface area contributed by atoms with Gasteiger partial charge in [-0.3, -0.25) is 9.59 Å². The molecule has 1 aromatic heterocycles. The van der Waals surface area contributed by atoms with E-state index in [0.29, 0.717) is 23.7 Å². The average Bonchev–Trinajstić information content (AvgIpc) is 3.25. The summed E-state index contributed by atoms with van der Waals surface area (Å²) in [6, 6.07) is 7.81. The van der Waals surface area contributed by atoms with Crippen LogP contribution in [0.25, 0.3) is 11.3 Å². The zero-order chi connectivity index (χ0) is 20.1. The number of aromatic nitrogens is 2. The third-order valence-corrected chi connectivity index (χ3v) is 4.78. The predicted molar refractivity (Wildman–Crippen MR) is 104 cm³/mol. The number of hydrogen-bond acceptors (Lipinski definition) is 6. The minimum atomic E-state index is -0.767. The van der Waals surface area contributed by atoms with E-state index in [1.807, 2.05) is 12.1 Å². The van der Waals surface area contributed by atoms with Gasteiger partial charge in [-0.15, -0.1) is 0 Å². The second-order valence-corrected chi connectivity index (χ2v) is 6.63. The second kappa shape index (κ2) is 8.88. The van der Waals surface area contributed by atoms with Crippen LogP contribution in [0.1, 0.15) is 25.8 Å². The molecule has 2 heterocycles. The van der Waals surface area contributed by atoms with Crippen molar-refractivity contribution in [2.45, 2.75) is 31.9 Å². The summed E-state index contributed by atoms with van der Waals surface area (Å²) in [5.74, 6) is 0.771. The Kier molecular flexibility index (Phi) is 6.30. The molecule has 1 N–H and O–H groups in total. The Morgan fingerprint density at radius 1 is 1.32 bits per heavy atom. The first-order chi connectivity index (χ1) is 13.5. The fourth-order valence-corrected chi connectivity index (χ4v) is 3.11. The van der Waals surface area contributed by atoms with Crippen molar-refractivity contribution in [1.29, 1.82) is 0 Å². The number of rotatable bonds is 7. The minimum Gasteiger partial charge on any atom is -0.497 e. The van der Waals surface area contributed by atoms with Crippen molar-refractivity contribution in [2.75, 3.05) is 27.4 Å². The fourth-order valence-electron chi connectivity index (χ4n) is 3.11. The summed E-state index contributed by atoms with van der Waals surface area (Å²) in [6.45, 7) is 2.80. The largest absolute Gasteiger partial charge is 0.497 e. The molecule has 150 valence electrons. The summed E-state index contributed by atoms with van der Waals surface area (Å²) < 4.78 is 17.2. The minimum absolute atomic E-state index is 0.0339. The van der Waals surface area contributed by atoms with E-state index in [2.05, 4.69) is 10.4 Å². The monoisotopic (exact) mass is 387 g/mol. The molecule has 0 saturated carbocycles. The van der Waals surface area contributed by atoms with E-state index in [-0.39, 0.29) is 12.0 Å². The standard InChI is InChI=1S/C20H25N3O5/c1-13(20(25)21-12-16-5-4-10-28-16)23-18(24)11-17(27-3)19(22-23)14-6-8-15(26-2)9-7-14/h6-9,11,13,16H,4-5,10,12H2,1-3H3,(H,21,25)/t13-,16-/m1/s1. The Hall–Kier alpha value is -2.87. The van der Waals surface area contributed by atoms with Crippen molar-refractivity contribution in [3.05, 3.63) is 40.7 Å². The predicted octanol–water partition coefficient (Wildman–Crippen LogP) is 1.78. The lowest BCUT2D eigenvalue weighted by Crippen LogP contribution is -2.40. The van der Waals surface area contributed by atoms with E-state index in [4.69, 9.17) is 14.2 Å². The van der Waals surface area contributed by atoms with Crippen molar-refractivity contribution in [1.82, 2.24) is 15.1 Å². The maximum absolute atomic E-state index is 12.5. The van der Waals surface area contributed by atoms with Crippen molar-refractivity contribution in [3.8, 4) is 22.8 Å². The normalized spacial score (nSPS) is 17.2. The maximum Gasteiger partial charge on any atom is 0.271 e. The van der Waals surface area contributed by atoms with Gasteiger partial charge >= 0.3 is 0 Å². The fraction of sp³-hybridized carbons (Fsp3) is 0.450. The maximum atomic E-state index is 12.5. The van der Waals surface area contributed by atoms with Gasteiger partial charge in [-0.1, -0.05) is 0 Å². The van der Waals surface area contributed by atoms with Crippen LogP contribution in [0.2, 0.25) is 0 Å². The molecule has 8 heteroatoms. The first kappa shape index (κ1) is 19.9. The molecule has 2 atom stereocenters. The van der Waals surface area contributed by atoms with Crippen LogP contribution in [0.15, 0.2) is 35.1 Å². The molecule has 1 aliphatic rings. The molecule has 1 aromatic carbocycles. The Morgan fingerprint density at radius 3 is 2.68 bits per heavy atom. The number of methoxy groups -OCH3 is 2. The van der Waals surface area contributed by atoms with E-state index >= 15 is 0 Å². The average molecular weight is 387 g/mol. The number of ether oxygens (including phenoxy) is 3. The first-order valence-electron chi connectivity index (χ1n) is 9.25. The van der Waals surface area contributed by atoms with Gasteiger partial charge in [-0.05, 0) is 44.0 Å². The molecule has 0 unspecified atom stereocenters. The van der Waals surface area contributed by atoms with E-state index in [1.54, 1.807) is 26.2 Å². The summed E-state index contributed by atoms with van der Waals surface area (Å²) in [7, 11) is 3.07. The number of carbonyl (C=O) groups excluding carboxylic acids is 1. The summed E-state index contributed by atoms with van der Waals surface area (Å²) in [5, 5.41) is 7.26. The number of hydrogen-bond donors (Lipinski definition) is 1. The van der Waals surface area contributed by atoms with Gasteiger partial charge in [0, 0.05) is 24.8 Å². The molecule has 28 heavy (non-hydrogen) atoms. The van der Waals surface area contributed by atoms with Crippen molar-refractivity contribution < 1.29 is 19.0 Å². The second-order valence-electron chi connectivity index (χ2n) is 6.63. The lowest BCUT2D eigenvalue weighted by molar-refractivity contribution is -0.124. The van der Waals surface area contributed by atoms with Gasteiger partial charge in [0.05, 0.1) is 20.3 Å². The Labute approximate surface area is 163 Å². The zero-order valence-corrected chi connectivity index (χ0v) is 16.3. The lowest BCUT2D eigenvalue weighted by atomic mass is 10.1. The SMILES string of the molecule is COc1ccc(-c2nn([C@H](C)C(=O)NC[C@H]3CCCO3)c(=O)cc2OC)cc1. The van der Waals surface area contributed by atoms with Gasteiger partial charge < -0.3 is 19.5 Å². The zero-order valence-electron chi connectivity index (χ0n) is 16.3. The number of carbonyl (C=O) groups is 1. The third-order valence-electron chi connectivity index (χ3n) is 4.78. The van der Waals surface area contributed by atoms with Crippen LogP contribution < -0.4 is 20.3 Å². The summed E-state index contributed by atoms with van der Waals surface area (Å²) >= 11 is 0. The summed E-state index contributed by atoms with van der Waals surface area (Å²) in [6.07, 6.45) is 1.96. The Bertz CT molecular complexity index is 872. The molecule has 8 nitrogen and oxygen atoms in total. The van der Waals surface area contributed by atoms with Crippen LogP contribution in [-0.4, -0.2) is 49.2 Å². The number of benzene rings is 1.